The highest BCUT2D eigenvalue weighted by Crippen LogP contribution is 2.17. The van der Waals surface area contributed by atoms with Gasteiger partial charge in [-0.05, 0) is 19.4 Å². The van der Waals surface area contributed by atoms with Gasteiger partial charge in [0.1, 0.15) is 0 Å². The van der Waals surface area contributed by atoms with Gasteiger partial charge in [-0.2, -0.15) is 17.0 Å². The zero-order chi connectivity index (χ0) is 15.7. The van der Waals surface area contributed by atoms with Crippen LogP contribution in [-0.4, -0.2) is 83.2 Å². The number of hydrogen-bond donors (Lipinski definition) is 1. The molecule has 0 spiro atoms. The highest BCUT2D eigenvalue weighted by molar-refractivity contribution is 7.86. The van der Waals surface area contributed by atoms with Gasteiger partial charge in [0.05, 0.1) is 13.2 Å². The second-order valence-corrected chi connectivity index (χ2v) is 7.03. The van der Waals surface area contributed by atoms with Crippen LogP contribution in [0.2, 0.25) is 0 Å². The van der Waals surface area contributed by atoms with Crippen molar-refractivity contribution < 1.29 is 17.9 Å². The number of hydrogen-bond acceptors (Lipinski definition) is 5. The molecular formula is C13H29N3O4S. The Hall–Kier alpha value is -0.250. The summed E-state index contributed by atoms with van der Waals surface area (Å²) in [6.45, 7) is 5.60. The van der Waals surface area contributed by atoms with Crippen molar-refractivity contribution in [3.63, 3.8) is 0 Å². The van der Waals surface area contributed by atoms with Gasteiger partial charge in [0.2, 0.25) is 0 Å². The number of nitrogens with zero attached hydrogens (tertiary/aromatic N) is 2. The number of nitrogens with one attached hydrogen (secondary N) is 1. The number of methoxy groups -OCH3 is 2. The van der Waals surface area contributed by atoms with Crippen LogP contribution in [0.25, 0.3) is 0 Å². The molecule has 1 fully saturated rings. The van der Waals surface area contributed by atoms with Crippen LogP contribution in [0.3, 0.4) is 0 Å². The Kier molecular flexibility index (Phi) is 8.69. The van der Waals surface area contributed by atoms with E-state index in [9.17, 15) is 8.42 Å². The third-order valence-electron chi connectivity index (χ3n) is 3.60. The van der Waals surface area contributed by atoms with E-state index in [2.05, 4.69) is 5.32 Å². The molecule has 0 radical (unpaired) electrons. The second-order valence-electron chi connectivity index (χ2n) is 5.15. The van der Waals surface area contributed by atoms with Crippen LogP contribution in [0.5, 0.6) is 0 Å². The average Bonchev–Trinajstić information content (AvgIpc) is 2.98. The summed E-state index contributed by atoms with van der Waals surface area (Å²) in [7, 11) is -0.336. The maximum absolute atomic E-state index is 12.9. The molecule has 1 unspecified atom stereocenters. The summed E-state index contributed by atoms with van der Waals surface area (Å²) in [6.07, 6.45) is 1.67. The quantitative estimate of drug-likeness (QED) is 0.575. The minimum Gasteiger partial charge on any atom is -0.383 e. The van der Waals surface area contributed by atoms with Crippen molar-refractivity contribution in [3.05, 3.63) is 0 Å². The topological polar surface area (TPSA) is 71.1 Å². The first-order valence-corrected chi connectivity index (χ1v) is 8.93. The summed E-state index contributed by atoms with van der Waals surface area (Å²) >= 11 is 0. The van der Waals surface area contributed by atoms with E-state index in [-0.39, 0.29) is 6.04 Å². The van der Waals surface area contributed by atoms with Crippen molar-refractivity contribution in [1.29, 1.82) is 0 Å². The molecule has 0 bridgehead atoms. The van der Waals surface area contributed by atoms with Gasteiger partial charge in [0.25, 0.3) is 10.2 Å². The van der Waals surface area contributed by atoms with E-state index in [1.165, 1.54) is 4.31 Å². The first-order valence-electron chi connectivity index (χ1n) is 7.53. The van der Waals surface area contributed by atoms with E-state index in [4.69, 9.17) is 9.47 Å². The molecule has 0 aliphatic carbocycles. The van der Waals surface area contributed by atoms with Crippen molar-refractivity contribution in [2.75, 3.05) is 60.2 Å². The fraction of sp³-hybridized carbons (Fsp3) is 1.00. The molecule has 1 atom stereocenters. The van der Waals surface area contributed by atoms with E-state index in [1.54, 1.807) is 18.5 Å². The first kappa shape index (κ1) is 18.8. The van der Waals surface area contributed by atoms with Gasteiger partial charge in [0.15, 0.2) is 0 Å². The van der Waals surface area contributed by atoms with Gasteiger partial charge in [-0.25, -0.2) is 0 Å². The maximum Gasteiger partial charge on any atom is 0.282 e. The van der Waals surface area contributed by atoms with E-state index in [1.807, 2.05) is 6.92 Å². The molecule has 0 saturated carbocycles. The minimum atomic E-state index is -3.49. The summed E-state index contributed by atoms with van der Waals surface area (Å²) in [6, 6.07) is 0.0440. The minimum absolute atomic E-state index is 0.0440. The SMILES string of the molecule is CCCN(C1CCNC1)S(=O)(=O)N(CCOC)CCOC. The van der Waals surface area contributed by atoms with E-state index < -0.39 is 10.2 Å². The van der Waals surface area contributed by atoms with Crippen molar-refractivity contribution in [1.82, 2.24) is 13.9 Å². The van der Waals surface area contributed by atoms with Gasteiger partial charge >= 0.3 is 0 Å². The molecule has 0 aromatic heterocycles. The molecule has 0 aromatic rings. The van der Waals surface area contributed by atoms with Crippen LogP contribution in [0.15, 0.2) is 0 Å². The Labute approximate surface area is 128 Å². The summed E-state index contributed by atoms with van der Waals surface area (Å²) in [5, 5.41) is 3.23. The fourth-order valence-electron chi connectivity index (χ4n) is 2.47. The van der Waals surface area contributed by atoms with Gasteiger partial charge in [-0.1, -0.05) is 6.92 Å². The Balaban J connectivity index is 2.86. The smallest absolute Gasteiger partial charge is 0.282 e. The Morgan fingerprint density at radius 3 is 2.19 bits per heavy atom. The van der Waals surface area contributed by atoms with Crippen molar-refractivity contribution in [2.24, 2.45) is 0 Å². The third-order valence-corrected chi connectivity index (χ3v) is 5.69. The molecule has 7 nitrogen and oxygen atoms in total. The molecule has 1 N–H and O–H groups in total. The van der Waals surface area contributed by atoms with Crippen LogP contribution in [-0.2, 0) is 19.7 Å². The molecule has 8 heteroatoms. The zero-order valence-electron chi connectivity index (χ0n) is 13.4. The summed E-state index contributed by atoms with van der Waals surface area (Å²) in [5.74, 6) is 0. The summed E-state index contributed by atoms with van der Waals surface area (Å²) < 4.78 is 39.0. The predicted molar refractivity (Wildman–Crippen MR) is 82.5 cm³/mol. The molecule has 1 heterocycles. The lowest BCUT2D eigenvalue weighted by atomic mass is 10.2. The molecule has 126 valence electrons. The lowest BCUT2D eigenvalue weighted by Crippen LogP contribution is -2.51. The molecule has 1 rings (SSSR count). The standard InChI is InChI=1S/C13H29N3O4S/c1-4-7-16(13-5-6-14-12-13)21(17,18)15(8-10-19-2)9-11-20-3/h13-14H,4-12H2,1-3H3. The van der Waals surface area contributed by atoms with Crippen LogP contribution in [0.1, 0.15) is 19.8 Å². The molecule has 21 heavy (non-hydrogen) atoms. The highest BCUT2D eigenvalue weighted by atomic mass is 32.2. The number of ether oxygens (including phenoxy) is 2. The van der Waals surface area contributed by atoms with Crippen LogP contribution >= 0.6 is 0 Å². The van der Waals surface area contributed by atoms with Crippen LogP contribution < -0.4 is 5.32 Å². The second kappa shape index (κ2) is 9.70. The molecule has 1 aliphatic heterocycles. The van der Waals surface area contributed by atoms with Crippen molar-refractivity contribution in [2.45, 2.75) is 25.8 Å². The normalized spacial score (nSPS) is 19.8. The van der Waals surface area contributed by atoms with Gasteiger partial charge in [-0.3, -0.25) is 0 Å². The highest BCUT2D eigenvalue weighted by Gasteiger charge is 2.35. The van der Waals surface area contributed by atoms with E-state index in [0.29, 0.717) is 32.8 Å². The summed E-state index contributed by atoms with van der Waals surface area (Å²) in [5.41, 5.74) is 0. The summed E-state index contributed by atoms with van der Waals surface area (Å²) in [4.78, 5) is 0. The van der Waals surface area contributed by atoms with Gasteiger partial charge < -0.3 is 14.8 Å². The molecule has 0 aromatic carbocycles. The van der Waals surface area contributed by atoms with Gasteiger partial charge in [-0.15, -0.1) is 0 Å². The lowest BCUT2D eigenvalue weighted by Gasteiger charge is -2.33. The van der Waals surface area contributed by atoms with Crippen LogP contribution in [0.4, 0.5) is 0 Å². The fourth-order valence-corrected chi connectivity index (χ4v) is 4.35. The maximum atomic E-state index is 12.9. The zero-order valence-corrected chi connectivity index (χ0v) is 14.2. The van der Waals surface area contributed by atoms with E-state index in [0.717, 1.165) is 25.9 Å². The Bertz CT molecular complexity index is 364. The molecule has 1 saturated heterocycles. The van der Waals surface area contributed by atoms with Gasteiger partial charge in [0, 0.05) is 46.4 Å². The molecular weight excluding hydrogens is 294 g/mol. The Morgan fingerprint density at radius 2 is 1.76 bits per heavy atom. The van der Waals surface area contributed by atoms with Crippen molar-refractivity contribution in [3.8, 4) is 0 Å². The largest absolute Gasteiger partial charge is 0.383 e. The van der Waals surface area contributed by atoms with Crippen LogP contribution in [0, 0.1) is 0 Å². The average molecular weight is 323 g/mol. The van der Waals surface area contributed by atoms with E-state index >= 15 is 0 Å². The van der Waals surface area contributed by atoms with Crippen molar-refractivity contribution >= 4 is 10.2 Å². The predicted octanol–water partition coefficient (Wildman–Crippen LogP) is -0.100. The molecule has 1 aliphatic rings. The first-order chi connectivity index (χ1) is 10.1. The monoisotopic (exact) mass is 323 g/mol. The Morgan fingerprint density at radius 1 is 1.14 bits per heavy atom. The lowest BCUT2D eigenvalue weighted by molar-refractivity contribution is 0.145. The number of rotatable bonds is 11. The third kappa shape index (κ3) is 5.46. The molecule has 0 amide bonds.